The average molecular weight is 231 g/mol. The summed E-state index contributed by atoms with van der Waals surface area (Å²) in [6, 6.07) is 20.6. The summed E-state index contributed by atoms with van der Waals surface area (Å²) in [7, 11) is 0. The molecule has 2 rings (SSSR count). The lowest BCUT2D eigenvalue weighted by atomic mass is 9.93. The third-order valence-corrected chi connectivity index (χ3v) is 3.51. The number of hydrogen-bond acceptors (Lipinski definition) is 0. The Morgan fingerprint density at radius 1 is 0.750 bits per heavy atom. The Labute approximate surface area is 102 Å². The van der Waals surface area contributed by atoms with E-state index in [2.05, 4.69) is 43.3 Å². The molecule has 0 bridgehead atoms. The van der Waals surface area contributed by atoms with Crippen LogP contribution < -0.4 is 0 Å². The third kappa shape index (κ3) is 2.45. The molecule has 16 heavy (non-hydrogen) atoms. The zero-order valence-corrected chi connectivity index (χ0v) is 10.1. The smallest absolute Gasteiger partial charge is 0.0651 e. The van der Waals surface area contributed by atoms with E-state index in [9.17, 15) is 0 Å². The lowest BCUT2D eigenvalue weighted by molar-refractivity contribution is 0.732. The van der Waals surface area contributed by atoms with Crippen LogP contribution in [0.2, 0.25) is 0 Å². The van der Waals surface area contributed by atoms with Gasteiger partial charge in [0, 0.05) is 5.92 Å². The fourth-order valence-corrected chi connectivity index (χ4v) is 2.14. The van der Waals surface area contributed by atoms with E-state index >= 15 is 0 Å². The van der Waals surface area contributed by atoms with Crippen LogP contribution in [0.3, 0.4) is 0 Å². The minimum atomic E-state index is 0.0311. The van der Waals surface area contributed by atoms with E-state index in [0.29, 0.717) is 5.92 Å². The first-order valence-corrected chi connectivity index (χ1v) is 5.96. The molecule has 0 aliphatic rings. The van der Waals surface area contributed by atoms with E-state index in [0.717, 1.165) is 0 Å². The lowest BCUT2D eigenvalue weighted by Crippen LogP contribution is -2.02. The van der Waals surface area contributed by atoms with Gasteiger partial charge in [0.15, 0.2) is 0 Å². The van der Waals surface area contributed by atoms with Crippen LogP contribution in [-0.4, -0.2) is 0 Å². The summed E-state index contributed by atoms with van der Waals surface area (Å²) >= 11 is 6.49. The fraction of sp³-hybridized carbons (Fsp3) is 0.200. The van der Waals surface area contributed by atoms with Crippen molar-refractivity contribution in [2.45, 2.75) is 18.2 Å². The molecule has 2 aromatic rings. The van der Waals surface area contributed by atoms with Gasteiger partial charge in [0.25, 0.3) is 0 Å². The second-order valence-corrected chi connectivity index (χ2v) is 4.48. The van der Waals surface area contributed by atoms with Crippen LogP contribution in [-0.2, 0) is 0 Å². The fourth-order valence-electron chi connectivity index (χ4n) is 1.85. The highest BCUT2D eigenvalue weighted by Gasteiger charge is 2.17. The molecule has 0 heterocycles. The molecule has 0 radical (unpaired) electrons. The molecule has 0 fully saturated rings. The summed E-state index contributed by atoms with van der Waals surface area (Å²) < 4.78 is 0. The Morgan fingerprint density at radius 3 is 1.69 bits per heavy atom. The maximum Gasteiger partial charge on any atom is 0.0651 e. The Kier molecular flexibility index (Phi) is 3.63. The van der Waals surface area contributed by atoms with Gasteiger partial charge in [-0.15, -0.1) is 11.6 Å². The van der Waals surface area contributed by atoms with Crippen LogP contribution in [0.15, 0.2) is 60.7 Å². The van der Waals surface area contributed by atoms with Gasteiger partial charge in [-0.2, -0.15) is 0 Å². The number of rotatable bonds is 3. The second-order valence-electron chi connectivity index (χ2n) is 4.01. The lowest BCUT2D eigenvalue weighted by Gasteiger charge is -2.18. The summed E-state index contributed by atoms with van der Waals surface area (Å²) in [6.45, 7) is 2.17. The van der Waals surface area contributed by atoms with E-state index in [1.807, 2.05) is 24.3 Å². The van der Waals surface area contributed by atoms with Gasteiger partial charge in [0.1, 0.15) is 0 Å². The molecule has 82 valence electrons. The van der Waals surface area contributed by atoms with Gasteiger partial charge < -0.3 is 0 Å². The Hall–Kier alpha value is -1.27. The molecular weight excluding hydrogens is 216 g/mol. The topological polar surface area (TPSA) is 0 Å². The molecule has 0 amide bonds. The van der Waals surface area contributed by atoms with Crippen molar-refractivity contribution in [3.63, 3.8) is 0 Å². The molecule has 0 aliphatic carbocycles. The Morgan fingerprint density at radius 2 is 1.19 bits per heavy atom. The minimum Gasteiger partial charge on any atom is -0.117 e. The van der Waals surface area contributed by atoms with Gasteiger partial charge in [-0.3, -0.25) is 0 Å². The maximum atomic E-state index is 6.49. The van der Waals surface area contributed by atoms with Gasteiger partial charge in [0.05, 0.1) is 5.38 Å². The number of alkyl halides is 1. The molecule has 2 atom stereocenters. The van der Waals surface area contributed by atoms with E-state index in [-0.39, 0.29) is 5.38 Å². The van der Waals surface area contributed by atoms with Crippen molar-refractivity contribution in [2.24, 2.45) is 0 Å². The molecule has 1 heteroatoms. The molecular formula is C15H15Cl. The van der Waals surface area contributed by atoms with Crippen molar-refractivity contribution >= 4 is 11.6 Å². The van der Waals surface area contributed by atoms with Crippen molar-refractivity contribution in [3.05, 3.63) is 71.8 Å². The quantitative estimate of drug-likeness (QED) is 0.667. The highest BCUT2D eigenvalue weighted by molar-refractivity contribution is 6.21. The molecule has 0 aliphatic heterocycles. The molecule has 0 aromatic heterocycles. The number of benzene rings is 2. The second kappa shape index (κ2) is 5.18. The zero-order chi connectivity index (χ0) is 11.4. The molecule has 2 aromatic carbocycles. The van der Waals surface area contributed by atoms with Gasteiger partial charge in [-0.1, -0.05) is 67.6 Å². The van der Waals surface area contributed by atoms with Crippen molar-refractivity contribution in [1.29, 1.82) is 0 Å². The van der Waals surface area contributed by atoms with Crippen LogP contribution in [0.25, 0.3) is 0 Å². The standard InChI is InChI=1S/C15H15Cl/c1-12(13-8-4-2-5-9-13)15(16)14-10-6-3-7-11-14/h2-12,15H,1H3/t12?,15-/m0/s1. The van der Waals surface area contributed by atoms with E-state index in [1.165, 1.54) is 11.1 Å². The van der Waals surface area contributed by atoms with Crippen molar-refractivity contribution in [1.82, 2.24) is 0 Å². The molecule has 0 spiro atoms. The summed E-state index contributed by atoms with van der Waals surface area (Å²) in [6.07, 6.45) is 0. The first kappa shape index (κ1) is 11.2. The molecule has 0 N–H and O–H groups in total. The summed E-state index contributed by atoms with van der Waals surface area (Å²) in [5.41, 5.74) is 2.46. The predicted molar refractivity (Wildman–Crippen MR) is 69.9 cm³/mol. The third-order valence-electron chi connectivity index (χ3n) is 2.88. The highest BCUT2D eigenvalue weighted by atomic mass is 35.5. The maximum absolute atomic E-state index is 6.49. The van der Waals surface area contributed by atoms with Gasteiger partial charge in [0.2, 0.25) is 0 Å². The predicted octanol–water partition coefficient (Wildman–Crippen LogP) is 4.77. The van der Waals surface area contributed by atoms with Crippen LogP contribution in [0.1, 0.15) is 29.3 Å². The van der Waals surface area contributed by atoms with E-state index in [4.69, 9.17) is 11.6 Å². The minimum absolute atomic E-state index is 0.0311. The van der Waals surface area contributed by atoms with Gasteiger partial charge >= 0.3 is 0 Å². The molecule has 0 nitrogen and oxygen atoms in total. The summed E-state index contributed by atoms with van der Waals surface area (Å²) in [5.74, 6) is 0.324. The monoisotopic (exact) mass is 230 g/mol. The summed E-state index contributed by atoms with van der Waals surface area (Å²) in [4.78, 5) is 0. The first-order valence-electron chi connectivity index (χ1n) is 5.53. The van der Waals surface area contributed by atoms with Crippen molar-refractivity contribution in [2.75, 3.05) is 0 Å². The van der Waals surface area contributed by atoms with Crippen molar-refractivity contribution in [3.8, 4) is 0 Å². The van der Waals surface area contributed by atoms with Crippen LogP contribution >= 0.6 is 11.6 Å². The molecule has 0 saturated carbocycles. The van der Waals surface area contributed by atoms with E-state index in [1.54, 1.807) is 0 Å². The Bertz CT molecular complexity index is 378. The largest absolute Gasteiger partial charge is 0.117 e. The Balaban J connectivity index is 2.20. The van der Waals surface area contributed by atoms with Crippen LogP contribution in [0.5, 0.6) is 0 Å². The van der Waals surface area contributed by atoms with Crippen molar-refractivity contribution < 1.29 is 0 Å². The highest BCUT2D eigenvalue weighted by Crippen LogP contribution is 2.35. The number of hydrogen-bond donors (Lipinski definition) is 0. The molecule has 0 saturated heterocycles. The van der Waals surface area contributed by atoms with Gasteiger partial charge in [-0.25, -0.2) is 0 Å². The zero-order valence-electron chi connectivity index (χ0n) is 9.31. The van der Waals surface area contributed by atoms with Crippen LogP contribution in [0.4, 0.5) is 0 Å². The molecule has 1 unspecified atom stereocenters. The van der Waals surface area contributed by atoms with Crippen LogP contribution in [0, 0.1) is 0 Å². The average Bonchev–Trinajstić information content (AvgIpc) is 2.39. The van der Waals surface area contributed by atoms with E-state index < -0.39 is 0 Å². The summed E-state index contributed by atoms with van der Waals surface area (Å²) in [5, 5.41) is 0.0311. The van der Waals surface area contributed by atoms with Gasteiger partial charge in [-0.05, 0) is 11.1 Å². The normalized spacial score (nSPS) is 14.4. The first-order chi connectivity index (χ1) is 7.79. The SMILES string of the molecule is CC(c1ccccc1)[C@H](Cl)c1ccccc1. The number of halogens is 1.